The summed E-state index contributed by atoms with van der Waals surface area (Å²) in [7, 11) is 1.58. The van der Waals surface area contributed by atoms with Crippen molar-refractivity contribution < 1.29 is 9.84 Å². The molecule has 0 aliphatic carbocycles. The van der Waals surface area contributed by atoms with Gasteiger partial charge in [0.05, 0.1) is 13.7 Å². The van der Waals surface area contributed by atoms with Gasteiger partial charge in [-0.2, -0.15) is 0 Å². The molecule has 0 unspecified atom stereocenters. The fourth-order valence-electron chi connectivity index (χ4n) is 2.33. The van der Waals surface area contributed by atoms with Crippen LogP contribution >= 0.6 is 0 Å². The summed E-state index contributed by atoms with van der Waals surface area (Å²) in [5, 5.41) is 9.12. The zero-order valence-corrected chi connectivity index (χ0v) is 12.7. The highest BCUT2D eigenvalue weighted by Gasteiger charge is 2.08. The second-order valence-electron chi connectivity index (χ2n) is 5.10. The average Bonchev–Trinajstić information content (AvgIpc) is 2.62. The standard InChI is InChI=1S/C18H17N3O2/c1-23-17-7-6-14(9-20-17)16-8-15(10-21-18(16)19)13-4-2-12(11-22)3-5-13/h2-10,22H,11H2,1H3,(H2,19,21). The molecule has 23 heavy (non-hydrogen) atoms. The lowest BCUT2D eigenvalue weighted by molar-refractivity contribution is 0.282. The van der Waals surface area contributed by atoms with Crippen molar-refractivity contribution in [3.05, 3.63) is 60.4 Å². The molecule has 0 atom stereocenters. The molecule has 0 saturated heterocycles. The highest BCUT2D eigenvalue weighted by atomic mass is 16.5. The van der Waals surface area contributed by atoms with Crippen LogP contribution in [-0.2, 0) is 6.61 Å². The molecule has 0 saturated carbocycles. The highest BCUT2D eigenvalue weighted by Crippen LogP contribution is 2.29. The van der Waals surface area contributed by atoms with E-state index in [-0.39, 0.29) is 6.61 Å². The molecule has 0 aliphatic heterocycles. The van der Waals surface area contributed by atoms with E-state index >= 15 is 0 Å². The van der Waals surface area contributed by atoms with Gasteiger partial charge >= 0.3 is 0 Å². The van der Waals surface area contributed by atoms with Crippen LogP contribution in [0.4, 0.5) is 5.82 Å². The Kier molecular flexibility index (Phi) is 4.21. The van der Waals surface area contributed by atoms with E-state index in [9.17, 15) is 0 Å². The molecule has 0 amide bonds. The first-order valence-corrected chi connectivity index (χ1v) is 7.17. The van der Waals surface area contributed by atoms with E-state index in [0.717, 1.165) is 27.8 Å². The first kappa shape index (κ1) is 15.0. The molecule has 0 fully saturated rings. The van der Waals surface area contributed by atoms with E-state index in [1.807, 2.05) is 36.4 Å². The second-order valence-corrected chi connectivity index (χ2v) is 5.10. The summed E-state index contributed by atoms with van der Waals surface area (Å²) < 4.78 is 5.07. The quantitative estimate of drug-likeness (QED) is 0.774. The van der Waals surface area contributed by atoms with Gasteiger partial charge in [0.15, 0.2) is 0 Å². The summed E-state index contributed by atoms with van der Waals surface area (Å²) in [5.41, 5.74) is 10.6. The Balaban J connectivity index is 2.00. The predicted molar refractivity (Wildman–Crippen MR) is 89.8 cm³/mol. The summed E-state index contributed by atoms with van der Waals surface area (Å²) in [6.45, 7) is 0.0308. The molecule has 1 aromatic carbocycles. The second kappa shape index (κ2) is 6.46. The number of nitrogen functional groups attached to an aromatic ring is 1. The molecule has 3 N–H and O–H groups in total. The monoisotopic (exact) mass is 307 g/mol. The van der Waals surface area contributed by atoms with E-state index in [4.69, 9.17) is 15.6 Å². The van der Waals surface area contributed by atoms with Gasteiger partial charge in [-0.25, -0.2) is 9.97 Å². The van der Waals surface area contributed by atoms with Gasteiger partial charge in [0.25, 0.3) is 0 Å². The minimum atomic E-state index is 0.0308. The third-order valence-corrected chi connectivity index (χ3v) is 3.64. The van der Waals surface area contributed by atoms with Gasteiger partial charge in [-0.1, -0.05) is 24.3 Å². The number of anilines is 1. The van der Waals surface area contributed by atoms with Crippen LogP contribution in [0.5, 0.6) is 5.88 Å². The average molecular weight is 307 g/mol. The Morgan fingerprint density at radius 1 is 0.957 bits per heavy atom. The number of pyridine rings is 2. The molecule has 3 rings (SSSR count). The third-order valence-electron chi connectivity index (χ3n) is 3.64. The molecular formula is C18H17N3O2. The van der Waals surface area contributed by atoms with Crippen LogP contribution in [0, 0.1) is 0 Å². The van der Waals surface area contributed by atoms with Crippen molar-refractivity contribution in [3.8, 4) is 28.1 Å². The Labute approximate surface area is 134 Å². The zero-order chi connectivity index (χ0) is 16.2. The van der Waals surface area contributed by atoms with Gasteiger partial charge in [0.2, 0.25) is 5.88 Å². The molecule has 0 bridgehead atoms. The van der Waals surface area contributed by atoms with Crippen molar-refractivity contribution in [2.24, 2.45) is 0 Å². The number of aliphatic hydroxyl groups excluding tert-OH is 1. The number of nitrogens with zero attached hydrogens (tertiary/aromatic N) is 2. The van der Waals surface area contributed by atoms with Gasteiger partial charge in [-0.15, -0.1) is 0 Å². The van der Waals surface area contributed by atoms with Crippen LogP contribution in [0.15, 0.2) is 54.9 Å². The van der Waals surface area contributed by atoms with Crippen LogP contribution in [0.25, 0.3) is 22.3 Å². The summed E-state index contributed by atoms with van der Waals surface area (Å²) >= 11 is 0. The minimum absolute atomic E-state index is 0.0308. The maximum atomic E-state index is 9.12. The number of aromatic nitrogens is 2. The lowest BCUT2D eigenvalue weighted by Gasteiger charge is -2.09. The smallest absolute Gasteiger partial charge is 0.212 e. The normalized spacial score (nSPS) is 10.5. The predicted octanol–water partition coefficient (Wildman–Crippen LogP) is 2.89. The molecule has 116 valence electrons. The maximum absolute atomic E-state index is 9.12. The number of hydrogen-bond acceptors (Lipinski definition) is 5. The molecule has 3 aromatic rings. The Bertz CT molecular complexity index is 800. The highest BCUT2D eigenvalue weighted by molar-refractivity contribution is 5.79. The van der Waals surface area contributed by atoms with Crippen LogP contribution in [0.3, 0.4) is 0 Å². The first-order valence-electron chi connectivity index (χ1n) is 7.17. The number of nitrogens with two attached hydrogens (primary N) is 1. The SMILES string of the molecule is COc1ccc(-c2cc(-c3ccc(CO)cc3)cnc2N)cn1. The van der Waals surface area contributed by atoms with Crippen LogP contribution in [0.2, 0.25) is 0 Å². The number of methoxy groups -OCH3 is 1. The summed E-state index contributed by atoms with van der Waals surface area (Å²) in [6.07, 6.45) is 3.45. The van der Waals surface area contributed by atoms with E-state index in [2.05, 4.69) is 9.97 Å². The van der Waals surface area contributed by atoms with Crippen LogP contribution < -0.4 is 10.5 Å². The topological polar surface area (TPSA) is 81.3 Å². The zero-order valence-electron chi connectivity index (χ0n) is 12.7. The van der Waals surface area contributed by atoms with E-state index in [0.29, 0.717) is 11.7 Å². The van der Waals surface area contributed by atoms with E-state index in [1.54, 1.807) is 25.6 Å². The molecule has 2 aromatic heterocycles. The van der Waals surface area contributed by atoms with Crippen molar-refractivity contribution in [2.75, 3.05) is 12.8 Å². The third kappa shape index (κ3) is 3.14. The molecule has 0 spiro atoms. The fraction of sp³-hybridized carbons (Fsp3) is 0.111. The molecule has 0 aliphatic rings. The lowest BCUT2D eigenvalue weighted by Crippen LogP contribution is -1.96. The van der Waals surface area contributed by atoms with Crippen LogP contribution in [-0.4, -0.2) is 22.2 Å². The number of hydrogen-bond donors (Lipinski definition) is 2. The minimum Gasteiger partial charge on any atom is -0.481 e. The summed E-state index contributed by atoms with van der Waals surface area (Å²) in [4.78, 5) is 8.49. The fourth-order valence-corrected chi connectivity index (χ4v) is 2.33. The van der Waals surface area contributed by atoms with Gasteiger partial charge in [0.1, 0.15) is 5.82 Å². The molecule has 2 heterocycles. The number of aliphatic hydroxyl groups is 1. The first-order chi connectivity index (χ1) is 11.2. The molecule has 0 radical (unpaired) electrons. The van der Waals surface area contributed by atoms with Crippen LogP contribution in [0.1, 0.15) is 5.56 Å². The van der Waals surface area contributed by atoms with Gasteiger partial charge in [-0.3, -0.25) is 0 Å². The van der Waals surface area contributed by atoms with Crippen molar-refractivity contribution in [2.45, 2.75) is 6.61 Å². The number of benzene rings is 1. The summed E-state index contributed by atoms with van der Waals surface area (Å²) in [6, 6.07) is 13.4. The van der Waals surface area contributed by atoms with Crippen molar-refractivity contribution in [3.63, 3.8) is 0 Å². The Morgan fingerprint density at radius 3 is 2.26 bits per heavy atom. The molecule has 5 heteroatoms. The van der Waals surface area contributed by atoms with Crippen molar-refractivity contribution in [1.82, 2.24) is 9.97 Å². The van der Waals surface area contributed by atoms with E-state index in [1.165, 1.54) is 0 Å². The molecule has 5 nitrogen and oxygen atoms in total. The Hall–Kier alpha value is -2.92. The van der Waals surface area contributed by atoms with E-state index < -0.39 is 0 Å². The van der Waals surface area contributed by atoms with Gasteiger partial charge in [0, 0.05) is 35.2 Å². The molecular weight excluding hydrogens is 290 g/mol. The van der Waals surface area contributed by atoms with Gasteiger partial charge in [-0.05, 0) is 23.3 Å². The number of rotatable bonds is 4. The summed E-state index contributed by atoms with van der Waals surface area (Å²) in [5.74, 6) is 1.00. The lowest BCUT2D eigenvalue weighted by atomic mass is 10.0. The van der Waals surface area contributed by atoms with Gasteiger partial charge < -0.3 is 15.6 Å². The number of ether oxygens (including phenoxy) is 1. The maximum Gasteiger partial charge on any atom is 0.212 e. The Morgan fingerprint density at radius 2 is 1.65 bits per heavy atom. The largest absolute Gasteiger partial charge is 0.481 e. The van der Waals surface area contributed by atoms with Crippen molar-refractivity contribution in [1.29, 1.82) is 0 Å². The van der Waals surface area contributed by atoms with Crippen molar-refractivity contribution >= 4 is 5.82 Å².